The molecule has 0 aromatic heterocycles. The number of aliphatic carboxylic acids is 1. The number of carbonyl (C=O) groups is 1. The highest BCUT2D eigenvalue weighted by Gasteiger charge is 2.38. The maximum atomic E-state index is 13.7. The second kappa shape index (κ2) is 9.97. The monoisotopic (exact) mass is 506 g/mol. The molecular weight excluding hydrogens is 479 g/mol. The number of thioether (sulfide) groups is 1. The molecule has 1 aliphatic heterocycles. The fourth-order valence-electron chi connectivity index (χ4n) is 4.10. The molecule has 0 amide bonds. The van der Waals surface area contributed by atoms with Crippen LogP contribution in [0.4, 0.5) is 15.8 Å². The summed E-state index contributed by atoms with van der Waals surface area (Å²) in [6.07, 6.45) is 6.39. The molecule has 0 radical (unpaired) electrons. The van der Waals surface area contributed by atoms with Crippen LogP contribution in [-0.4, -0.2) is 49.7 Å². The normalized spacial score (nSPS) is 20.5. The summed E-state index contributed by atoms with van der Waals surface area (Å²) in [7, 11) is -2.31. The maximum absolute atomic E-state index is 13.7. The van der Waals surface area contributed by atoms with Gasteiger partial charge >= 0.3 is 5.97 Å². The van der Waals surface area contributed by atoms with Crippen molar-refractivity contribution in [1.29, 1.82) is 0 Å². The Kier molecular flexibility index (Phi) is 7.20. The first-order chi connectivity index (χ1) is 16.2. The number of hydrogen-bond acceptors (Lipinski definition) is 6. The van der Waals surface area contributed by atoms with Crippen molar-refractivity contribution in [2.24, 2.45) is 5.92 Å². The summed E-state index contributed by atoms with van der Waals surface area (Å²) in [6, 6.07) is 12.4. The predicted molar refractivity (Wildman–Crippen MR) is 130 cm³/mol. The smallest absolute Gasteiger partial charge is 0.368 e. The molecule has 2 aliphatic rings. The van der Waals surface area contributed by atoms with Gasteiger partial charge in [-0.2, -0.15) is 8.70 Å². The number of hydrogen-bond donors (Lipinski definition) is 1. The van der Waals surface area contributed by atoms with Crippen molar-refractivity contribution in [1.82, 2.24) is 4.31 Å². The highest BCUT2D eigenvalue weighted by Crippen LogP contribution is 2.44. The van der Waals surface area contributed by atoms with E-state index in [1.54, 1.807) is 19.4 Å². The molecule has 7 nitrogen and oxygen atoms in total. The van der Waals surface area contributed by atoms with Gasteiger partial charge in [-0.05, 0) is 43.2 Å². The zero-order valence-electron chi connectivity index (χ0n) is 19.0. The quantitative estimate of drug-likeness (QED) is 0.306. The van der Waals surface area contributed by atoms with Gasteiger partial charge in [-0.3, -0.25) is 0 Å². The van der Waals surface area contributed by atoms with E-state index in [0.717, 1.165) is 18.5 Å². The summed E-state index contributed by atoms with van der Waals surface area (Å²) in [5.41, 5.74) is 1.37. The van der Waals surface area contributed by atoms with Crippen LogP contribution in [-0.2, 0) is 14.8 Å². The summed E-state index contributed by atoms with van der Waals surface area (Å²) < 4.78 is 47.7. The minimum absolute atomic E-state index is 0.0321. The highest BCUT2D eigenvalue weighted by atomic mass is 32.2. The SMILES string of the molecule is CSc1cc2c(cc1O/C=C(\F)C(=O)O)S(=O)(=O)N(C)[C@@H](CCC1CC1)CN2c1ccccc1. The topological polar surface area (TPSA) is 87.1 Å². The van der Waals surface area contributed by atoms with Crippen molar-refractivity contribution < 1.29 is 27.4 Å². The summed E-state index contributed by atoms with van der Waals surface area (Å²) in [5, 5.41) is 8.78. The van der Waals surface area contributed by atoms with Gasteiger partial charge in [0.05, 0.1) is 10.6 Å². The van der Waals surface area contributed by atoms with E-state index in [2.05, 4.69) is 0 Å². The molecule has 2 aromatic carbocycles. The van der Waals surface area contributed by atoms with Crippen LogP contribution in [0.5, 0.6) is 5.75 Å². The predicted octanol–water partition coefficient (Wildman–Crippen LogP) is 5.01. The highest BCUT2D eigenvalue weighted by molar-refractivity contribution is 7.98. The molecule has 0 saturated heterocycles. The number of benzene rings is 2. The Morgan fingerprint density at radius 2 is 1.94 bits per heavy atom. The lowest BCUT2D eigenvalue weighted by Crippen LogP contribution is -2.40. The number of ether oxygens (including phenoxy) is 1. The first kappa shape index (κ1) is 24.6. The first-order valence-corrected chi connectivity index (χ1v) is 13.7. The molecule has 10 heteroatoms. The van der Waals surface area contributed by atoms with Crippen molar-refractivity contribution in [3.8, 4) is 5.75 Å². The van der Waals surface area contributed by atoms with Crippen LogP contribution < -0.4 is 9.64 Å². The Morgan fingerprint density at radius 1 is 1.24 bits per heavy atom. The third kappa shape index (κ3) is 5.08. The molecule has 0 unspecified atom stereocenters. The summed E-state index contributed by atoms with van der Waals surface area (Å²) in [5.74, 6) is -2.50. The molecule has 1 heterocycles. The van der Waals surface area contributed by atoms with Crippen LogP contribution in [0.3, 0.4) is 0 Å². The van der Waals surface area contributed by atoms with Gasteiger partial charge in [-0.1, -0.05) is 31.0 Å². The number of fused-ring (bicyclic) bond motifs is 1. The van der Waals surface area contributed by atoms with Crippen LogP contribution >= 0.6 is 11.8 Å². The molecule has 1 saturated carbocycles. The van der Waals surface area contributed by atoms with E-state index >= 15 is 0 Å². The van der Waals surface area contributed by atoms with Crippen molar-refractivity contribution in [3.63, 3.8) is 0 Å². The average molecular weight is 507 g/mol. The summed E-state index contributed by atoms with van der Waals surface area (Å²) in [6.45, 7) is 0.487. The van der Waals surface area contributed by atoms with Crippen LogP contribution in [0.2, 0.25) is 0 Å². The number of carboxylic acids is 1. The number of nitrogens with zero attached hydrogens (tertiary/aromatic N) is 2. The maximum Gasteiger partial charge on any atom is 0.368 e. The van der Waals surface area contributed by atoms with Gasteiger partial charge in [0.15, 0.2) is 0 Å². The molecule has 0 spiro atoms. The Morgan fingerprint density at radius 3 is 2.56 bits per heavy atom. The average Bonchev–Trinajstić information content (AvgIpc) is 3.67. The zero-order chi connectivity index (χ0) is 24.5. The lowest BCUT2D eigenvalue weighted by Gasteiger charge is -2.29. The largest absolute Gasteiger partial charge is 0.476 e. The molecule has 34 heavy (non-hydrogen) atoms. The Hall–Kier alpha value is -2.56. The number of sulfonamides is 1. The van der Waals surface area contributed by atoms with E-state index < -0.39 is 21.8 Å². The van der Waals surface area contributed by atoms with Gasteiger partial charge in [0.2, 0.25) is 15.9 Å². The van der Waals surface area contributed by atoms with Crippen molar-refractivity contribution in [2.45, 2.75) is 41.5 Å². The number of anilines is 2. The molecule has 182 valence electrons. The Balaban J connectivity index is 1.84. The van der Waals surface area contributed by atoms with Crippen molar-refractivity contribution in [2.75, 3.05) is 24.7 Å². The third-order valence-electron chi connectivity index (χ3n) is 6.27. The fourth-order valence-corrected chi connectivity index (χ4v) is 6.20. The van der Waals surface area contributed by atoms with Crippen LogP contribution in [0.1, 0.15) is 25.7 Å². The lowest BCUT2D eigenvalue weighted by molar-refractivity contribution is -0.134. The van der Waals surface area contributed by atoms with Crippen molar-refractivity contribution in [3.05, 3.63) is 54.6 Å². The summed E-state index contributed by atoms with van der Waals surface area (Å²) in [4.78, 5) is 13.4. The van der Waals surface area contributed by atoms with Crippen LogP contribution in [0.15, 0.2) is 64.3 Å². The lowest BCUT2D eigenvalue weighted by atomic mass is 10.1. The molecule has 1 N–H and O–H groups in total. The van der Waals surface area contributed by atoms with Crippen molar-refractivity contribution >= 4 is 39.1 Å². The molecule has 1 aliphatic carbocycles. The minimum Gasteiger partial charge on any atom is -0.476 e. The Bertz CT molecular complexity index is 1200. The third-order valence-corrected chi connectivity index (χ3v) is 8.97. The summed E-state index contributed by atoms with van der Waals surface area (Å²) >= 11 is 1.30. The number of para-hydroxylation sites is 1. The van der Waals surface area contributed by atoms with Gasteiger partial charge in [0, 0.05) is 31.4 Å². The molecule has 1 atom stereocenters. The van der Waals surface area contributed by atoms with E-state index in [-0.39, 0.29) is 16.7 Å². The second-order valence-electron chi connectivity index (χ2n) is 8.50. The van der Waals surface area contributed by atoms with E-state index in [4.69, 9.17) is 9.84 Å². The number of carboxylic acid groups (broad SMARTS) is 1. The van der Waals surface area contributed by atoms with Gasteiger partial charge in [-0.15, -0.1) is 11.8 Å². The van der Waals surface area contributed by atoms with Gasteiger partial charge in [0.1, 0.15) is 16.9 Å². The molecule has 2 aromatic rings. The number of halogens is 1. The van der Waals surface area contributed by atoms with Crippen LogP contribution in [0, 0.1) is 5.92 Å². The molecule has 1 fully saturated rings. The van der Waals surface area contributed by atoms with E-state index in [9.17, 15) is 17.6 Å². The molecular formula is C24H27FN2O5S2. The van der Waals surface area contributed by atoms with Gasteiger partial charge in [0.25, 0.3) is 0 Å². The van der Waals surface area contributed by atoms with E-state index in [0.29, 0.717) is 29.3 Å². The number of likely N-dealkylation sites (N-methyl/N-ethyl adjacent to an activating group) is 1. The van der Waals surface area contributed by atoms with Crippen LogP contribution in [0.25, 0.3) is 0 Å². The molecule has 0 bridgehead atoms. The van der Waals surface area contributed by atoms with E-state index in [1.165, 1.54) is 35.0 Å². The standard InChI is InChI=1S/C24H27FN2O5S2/c1-26-18(11-10-16-8-9-16)14-27(17-6-4-3-5-7-17)20-12-22(33-2)21(13-23(20)34(26,30)31)32-15-19(25)24(28)29/h3-7,12-13,15-16,18H,8-11,14H2,1-2H3,(H,28,29)/b19-15-/t18-/m0/s1. The molecule has 4 rings (SSSR count). The minimum atomic E-state index is -3.91. The number of rotatable bonds is 8. The second-order valence-corrected chi connectivity index (χ2v) is 11.3. The van der Waals surface area contributed by atoms with E-state index in [1.807, 2.05) is 35.2 Å². The Labute approximate surface area is 203 Å². The first-order valence-electron chi connectivity index (χ1n) is 11.0. The fraction of sp³-hybridized carbons (Fsp3) is 0.375. The van der Waals surface area contributed by atoms with Gasteiger partial charge in [-0.25, -0.2) is 13.2 Å². The van der Waals surface area contributed by atoms with Gasteiger partial charge < -0.3 is 14.7 Å². The zero-order valence-corrected chi connectivity index (χ0v) is 20.6.